The van der Waals surface area contributed by atoms with Gasteiger partial charge in [-0.25, -0.2) is 9.78 Å². The lowest BCUT2D eigenvalue weighted by atomic mass is 10.0. The highest BCUT2D eigenvalue weighted by molar-refractivity contribution is 7.11. The smallest absolute Gasteiger partial charge is 0.365 e. The third kappa shape index (κ3) is 2.58. The van der Waals surface area contributed by atoms with Gasteiger partial charge in [-0.3, -0.25) is 0 Å². The first-order valence-electron chi connectivity index (χ1n) is 5.10. The summed E-state index contributed by atoms with van der Waals surface area (Å²) in [5.74, 6) is -0.966. The Morgan fingerprint density at radius 2 is 2.62 bits per heavy atom. The van der Waals surface area contributed by atoms with Crippen LogP contribution in [-0.4, -0.2) is 34.8 Å². The van der Waals surface area contributed by atoms with Crippen LogP contribution in [0.25, 0.3) is 0 Å². The number of ether oxygens (including phenoxy) is 1. The normalized spacial score (nSPS) is 24.8. The van der Waals surface area contributed by atoms with Crippen LogP contribution in [0.5, 0.6) is 0 Å². The number of thiazole rings is 1. The van der Waals surface area contributed by atoms with Crippen LogP contribution in [0.1, 0.15) is 28.8 Å². The molecular formula is C10H14N2O3S. The Labute approximate surface area is 97.5 Å². The van der Waals surface area contributed by atoms with Gasteiger partial charge in [0.05, 0.1) is 12.3 Å². The van der Waals surface area contributed by atoms with Gasteiger partial charge in [0.15, 0.2) is 0 Å². The molecule has 16 heavy (non-hydrogen) atoms. The molecule has 6 heteroatoms. The summed E-state index contributed by atoms with van der Waals surface area (Å²) in [5.41, 5.74) is 0.767. The first kappa shape index (κ1) is 11.5. The van der Waals surface area contributed by atoms with Crippen molar-refractivity contribution in [1.29, 1.82) is 0 Å². The van der Waals surface area contributed by atoms with Crippen molar-refractivity contribution >= 4 is 17.3 Å². The third-order valence-electron chi connectivity index (χ3n) is 2.65. The number of carboxylic acid groups (broad SMARTS) is 1. The van der Waals surface area contributed by atoms with Crippen molar-refractivity contribution in [3.8, 4) is 0 Å². The fourth-order valence-electron chi connectivity index (χ4n) is 1.60. The van der Waals surface area contributed by atoms with E-state index in [2.05, 4.69) is 17.2 Å². The van der Waals surface area contributed by atoms with Crippen LogP contribution in [0.15, 0.2) is 5.38 Å². The van der Waals surface area contributed by atoms with Gasteiger partial charge in [-0.05, 0) is 13.3 Å². The first-order chi connectivity index (χ1) is 7.59. The Balaban J connectivity index is 1.91. The molecule has 2 N–H and O–H groups in total. The highest BCUT2D eigenvalue weighted by Gasteiger charge is 2.28. The molecule has 1 atom stereocenters. The van der Waals surface area contributed by atoms with Crippen LogP contribution in [0.3, 0.4) is 0 Å². The van der Waals surface area contributed by atoms with Crippen LogP contribution in [-0.2, 0) is 11.3 Å². The lowest BCUT2D eigenvalue weighted by Crippen LogP contribution is -2.42. The second kappa shape index (κ2) is 4.48. The van der Waals surface area contributed by atoms with Gasteiger partial charge in [0.2, 0.25) is 5.01 Å². The Bertz CT molecular complexity index is 385. The van der Waals surface area contributed by atoms with Gasteiger partial charge in [0.25, 0.3) is 0 Å². The highest BCUT2D eigenvalue weighted by atomic mass is 32.1. The molecule has 1 saturated heterocycles. The molecule has 1 aliphatic heterocycles. The Morgan fingerprint density at radius 1 is 1.81 bits per heavy atom. The lowest BCUT2D eigenvalue weighted by molar-refractivity contribution is 0.0696. The summed E-state index contributed by atoms with van der Waals surface area (Å²) < 4.78 is 5.32. The molecule has 1 aliphatic rings. The van der Waals surface area contributed by atoms with E-state index < -0.39 is 5.97 Å². The van der Waals surface area contributed by atoms with E-state index in [0.29, 0.717) is 13.2 Å². The summed E-state index contributed by atoms with van der Waals surface area (Å²) in [6, 6.07) is 0. The van der Waals surface area contributed by atoms with Crippen molar-refractivity contribution in [2.24, 2.45) is 0 Å². The molecule has 1 aromatic rings. The molecule has 0 bridgehead atoms. The number of hydrogen-bond donors (Lipinski definition) is 2. The average Bonchev–Trinajstić information content (AvgIpc) is 2.84. The third-order valence-corrected chi connectivity index (χ3v) is 3.53. The average molecular weight is 242 g/mol. The van der Waals surface area contributed by atoms with Gasteiger partial charge in [-0.1, -0.05) is 0 Å². The van der Waals surface area contributed by atoms with E-state index in [1.165, 1.54) is 0 Å². The summed E-state index contributed by atoms with van der Waals surface area (Å²) in [6.45, 7) is 4.16. The predicted molar refractivity (Wildman–Crippen MR) is 59.8 cm³/mol. The molecule has 88 valence electrons. The summed E-state index contributed by atoms with van der Waals surface area (Å²) in [5, 5.41) is 14.0. The number of rotatable bonds is 4. The molecule has 0 spiro atoms. The molecule has 1 unspecified atom stereocenters. The lowest BCUT2D eigenvalue weighted by Gasteiger charge is -2.22. The van der Waals surface area contributed by atoms with Gasteiger partial charge in [-0.2, -0.15) is 0 Å². The predicted octanol–water partition coefficient (Wildman–Crippen LogP) is 1.11. The zero-order valence-corrected chi connectivity index (χ0v) is 9.84. The number of carboxylic acids is 1. The minimum absolute atomic E-state index is 0.00694. The van der Waals surface area contributed by atoms with Crippen molar-refractivity contribution in [2.45, 2.75) is 25.4 Å². The molecule has 1 aromatic heterocycles. The zero-order valence-electron chi connectivity index (χ0n) is 9.02. The molecule has 2 heterocycles. The number of carbonyl (C=O) groups is 1. The first-order valence-corrected chi connectivity index (χ1v) is 5.97. The number of aromatic carboxylic acids is 1. The van der Waals surface area contributed by atoms with Crippen molar-refractivity contribution in [3.63, 3.8) is 0 Å². The topological polar surface area (TPSA) is 71.5 Å². The minimum Gasteiger partial charge on any atom is -0.476 e. The molecule has 0 aromatic carbocycles. The Kier molecular flexibility index (Phi) is 3.22. The summed E-state index contributed by atoms with van der Waals surface area (Å²) in [7, 11) is 0. The minimum atomic E-state index is -0.966. The second-order valence-corrected chi connectivity index (χ2v) is 5.02. The maximum absolute atomic E-state index is 10.6. The van der Waals surface area contributed by atoms with Crippen molar-refractivity contribution in [2.75, 3.05) is 13.2 Å². The van der Waals surface area contributed by atoms with E-state index in [4.69, 9.17) is 9.84 Å². The summed E-state index contributed by atoms with van der Waals surface area (Å²) in [6.07, 6.45) is 0.975. The molecule has 0 saturated carbocycles. The van der Waals surface area contributed by atoms with Crippen LogP contribution in [0.2, 0.25) is 0 Å². The van der Waals surface area contributed by atoms with Crippen molar-refractivity contribution in [1.82, 2.24) is 10.3 Å². The van der Waals surface area contributed by atoms with Gasteiger partial charge < -0.3 is 15.2 Å². The monoisotopic (exact) mass is 242 g/mol. The van der Waals surface area contributed by atoms with E-state index >= 15 is 0 Å². The maximum Gasteiger partial charge on any atom is 0.365 e. The molecule has 0 amide bonds. The largest absolute Gasteiger partial charge is 0.476 e. The van der Waals surface area contributed by atoms with Gasteiger partial charge >= 0.3 is 5.97 Å². The molecule has 0 aliphatic carbocycles. The summed E-state index contributed by atoms with van der Waals surface area (Å²) >= 11 is 1.16. The molecule has 2 rings (SSSR count). The summed E-state index contributed by atoms with van der Waals surface area (Å²) in [4.78, 5) is 14.7. The van der Waals surface area contributed by atoms with Gasteiger partial charge in [-0.15, -0.1) is 11.3 Å². The van der Waals surface area contributed by atoms with Crippen molar-refractivity contribution < 1.29 is 14.6 Å². The van der Waals surface area contributed by atoms with E-state index in [-0.39, 0.29) is 10.5 Å². The second-order valence-electron chi connectivity index (χ2n) is 4.17. The number of nitrogens with zero attached hydrogens (tertiary/aromatic N) is 1. The highest BCUT2D eigenvalue weighted by Crippen LogP contribution is 2.18. The van der Waals surface area contributed by atoms with Gasteiger partial charge in [0.1, 0.15) is 0 Å². The van der Waals surface area contributed by atoms with Crippen LogP contribution < -0.4 is 5.32 Å². The van der Waals surface area contributed by atoms with Gasteiger partial charge in [0, 0.05) is 24.1 Å². The maximum atomic E-state index is 10.6. The SMILES string of the molecule is CC1(NCc2csc(C(=O)O)n2)CCOC1. The molecular weight excluding hydrogens is 228 g/mol. The Hall–Kier alpha value is -0.980. The van der Waals surface area contributed by atoms with Crippen molar-refractivity contribution in [3.05, 3.63) is 16.1 Å². The van der Waals surface area contributed by atoms with Crippen LogP contribution >= 0.6 is 11.3 Å². The number of hydrogen-bond acceptors (Lipinski definition) is 5. The fraction of sp³-hybridized carbons (Fsp3) is 0.600. The van der Waals surface area contributed by atoms with Crippen LogP contribution in [0.4, 0.5) is 0 Å². The number of nitrogens with one attached hydrogen (secondary N) is 1. The zero-order chi connectivity index (χ0) is 11.6. The standard InChI is InChI=1S/C10H14N2O3S/c1-10(2-3-15-6-10)11-4-7-5-16-8(12-7)9(13)14/h5,11H,2-4,6H2,1H3,(H,13,14). The van der Waals surface area contributed by atoms with E-state index in [0.717, 1.165) is 30.1 Å². The van der Waals surface area contributed by atoms with Crippen LogP contribution in [0, 0.1) is 0 Å². The van der Waals surface area contributed by atoms with E-state index in [9.17, 15) is 4.79 Å². The van der Waals surface area contributed by atoms with E-state index in [1.807, 2.05) is 0 Å². The molecule has 0 radical (unpaired) electrons. The quantitative estimate of drug-likeness (QED) is 0.827. The number of aromatic nitrogens is 1. The Morgan fingerprint density at radius 3 is 3.19 bits per heavy atom. The molecule has 5 nitrogen and oxygen atoms in total. The molecule has 1 fully saturated rings. The van der Waals surface area contributed by atoms with E-state index in [1.54, 1.807) is 5.38 Å². The fourth-order valence-corrected chi connectivity index (χ4v) is 2.25.